The predicted molar refractivity (Wildman–Crippen MR) is 150 cm³/mol. The average molecular weight is 535 g/mol. The SMILES string of the molecule is CN1CCN(C(=O)c2cc(Oc3ccc(Cl)cc3)c3c(c2)c2ccccc2n3C[C@@H]2CCNC[C@H]2F)CC1. The number of amides is 1. The Morgan fingerprint density at radius 2 is 1.82 bits per heavy atom. The van der Waals surface area contributed by atoms with Gasteiger partial charge in [0.1, 0.15) is 11.9 Å². The smallest absolute Gasteiger partial charge is 0.254 e. The van der Waals surface area contributed by atoms with Gasteiger partial charge in [-0.25, -0.2) is 4.39 Å². The first-order valence-electron chi connectivity index (χ1n) is 13.3. The molecule has 1 N–H and O–H groups in total. The highest BCUT2D eigenvalue weighted by Crippen LogP contribution is 2.39. The van der Waals surface area contributed by atoms with E-state index >= 15 is 0 Å². The maximum Gasteiger partial charge on any atom is 0.254 e. The zero-order valence-corrected chi connectivity index (χ0v) is 22.3. The number of likely N-dealkylation sites (N-methyl/N-ethyl adjacent to an activating group) is 1. The van der Waals surface area contributed by atoms with Gasteiger partial charge in [-0.1, -0.05) is 29.8 Å². The zero-order valence-electron chi connectivity index (χ0n) is 21.5. The minimum atomic E-state index is -0.918. The molecule has 0 unspecified atom stereocenters. The number of benzene rings is 3. The number of carbonyl (C=O) groups is 1. The van der Waals surface area contributed by atoms with E-state index in [2.05, 4.69) is 34.0 Å². The van der Waals surface area contributed by atoms with Gasteiger partial charge in [-0.15, -0.1) is 0 Å². The molecule has 0 bridgehead atoms. The third-order valence-electron chi connectivity index (χ3n) is 7.87. The van der Waals surface area contributed by atoms with E-state index in [-0.39, 0.29) is 11.8 Å². The molecule has 3 aromatic carbocycles. The quantitative estimate of drug-likeness (QED) is 0.363. The minimum absolute atomic E-state index is 0.0000330. The lowest BCUT2D eigenvalue weighted by atomic mass is 9.96. The second-order valence-electron chi connectivity index (χ2n) is 10.4. The first-order chi connectivity index (χ1) is 18.5. The fraction of sp³-hybridized carbons (Fsp3) is 0.367. The number of alkyl halides is 1. The van der Waals surface area contributed by atoms with Crippen LogP contribution in [0.25, 0.3) is 21.8 Å². The average Bonchev–Trinajstić information content (AvgIpc) is 3.25. The lowest BCUT2D eigenvalue weighted by Crippen LogP contribution is -2.47. The van der Waals surface area contributed by atoms with Gasteiger partial charge < -0.3 is 24.4 Å². The second kappa shape index (κ2) is 10.6. The molecule has 2 aliphatic rings. The summed E-state index contributed by atoms with van der Waals surface area (Å²) in [6, 6.07) is 19.2. The van der Waals surface area contributed by atoms with E-state index in [4.69, 9.17) is 16.3 Å². The van der Waals surface area contributed by atoms with Crippen LogP contribution in [0.5, 0.6) is 11.5 Å². The second-order valence-corrected chi connectivity index (χ2v) is 10.9. The number of halogens is 2. The van der Waals surface area contributed by atoms with E-state index < -0.39 is 6.17 Å². The molecule has 2 fully saturated rings. The molecule has 8 heteroatoms. The first-order valence-corrected chi connectivity index (χ1v) is 13.7. The Kier molecular flexibility index (Phi) is 6.99. The molecule has 6 rings (SSSR count). The van der Waals surface area contributed by atoms with Crippen molar-refractivity contribution in [3.63, 3.8) is 0 Å². The number of aromatic nitrogens is 1. The maximum atomic E-state index is 15.0. The molecule has 0 saturated carbocycles. The summed E-state index contributed by atoms with van der Waals surface area (Å²) in [6.45, 7) is 4.80. The highest BCUT2D eigenvalue weighted by Gasteiger charge is 2.28. The van der Waals surface area contributed by atoms with Crippen LogP contribution in [0.15, 0.2) is 60.7 Å². The van der Waals surface area contributed by atoms with Gasteiger partial charge in [0.15, 0.2) is 5.75 Å². The molecule has 4 aromatic rings. The Labute approximate surface area is 226 Å². The Morgan fingerprint density at radius 3 is 2.58 bits per heavy atom. The standard InChI is InChI=1S/C30H32ClFN4O2/c1-34-12-14-35(15-13-34)30(37)21-16-25-24-4-2-3-5-27(24)36(19-20-10-11-33-18-26(20)32)29(25)28(17-21)38-23-8-6-22(31)7-9-23/h2-9,16-17,20,26,33H,10-15,18-19H2,1H3/t20-,26+/m0/s1. The maximum absolute atomic E-state index is 15.0. The molecule has 6 nitrogen and oxygen atoms in total. The molecule has 1 amide bonds. The highest BCUT2D eigenvalue weighted by molar-refractivity contribution is 6.30. The fourth-order valence-corrected chi connectivity index (χ4v) is 5.80. The monoisotopic (exact) mass is 534 g/mol. The number of rotatable bonds is 5. The van der Waals surface area contributed by atoms with Crippen molar-refractivity contribution < 1.29 is 13.9 Å². The summed E-state index contributed by atoms with van der Waals surface area (Å²) in [6.07, 6.45) is -0.152. The molecule has 2 saturated heterocycles. The lowest BCUT2D eigenvalue weighted by molar-refractivity contribution is 0.0664. The third kappa shape index (κ3) is 4.86. The van der Waals surface area contributed by atoms with Crippen molar-refractivity contribution in [3.05, 3.63) is 71.2 Å². The van der Waals surface area contributed by atoms with Gasteiger partial charge in [0.25, 0.3) is 5.91 Å². The number of nitrogens with one attached hydrogen (secondary N) is 1. The number of hydrogen-bond acceptors (Lipinski definition) is 4. The van der Waals surface area contributed by atoms with Gasteiger partial charge in [-0.2, -0.15) is 0 Å². The minimum Gasteiger partial charge on any atom is -0.455 e. The number of piperazine rings is 1. The van der Waals surface area contributed by atoms with Crippen molar-refractivity contribution >= 4 is 39.3 Å². The van der Waals surface area contributed by atoms with Gasteiger partial charge >= 0.3 is 0 Å². The lowest BCUT2D eigenvalue weighted by Gasteiger charge is -2.32. The Hall–Kier alpha value is -3.13. The van der Waals surface area contributed by atoms with Crippen molar-refractivity contribution in [3.8, 4) is 11.5 Å². The number of piperidine rings is 1. The zero-order chi connectivity index (χ0) is 26.2. The van der Waals surface area contributed by atoms with Crippen molar-refractivity contribution in [2.75, 3.05) is 46.3 Å². The van der Waals surface area contributed by atoms with Crippen molar-refractivity contribution in [2.24, 2.45) is 5.92 Å². The summed E-state index contributed by atoms with van der Waals surface area (Å²) in [5.41, 5.74) is 2.49. The summed E-state index contributed by atoms with van der Waals surface area (Å²) >= 11 is 6.12. The summed E-state index contributed by atoms with van der Waals surface area (Å²) < 4.78 is 23.6. The van der Waals surface area contributed by atoms with E-state index in [1.165, 1.54) is 0 Å². The number of hydrogen-bond donors (Lipinski definition) is 1. The molecule has 1 aromatic heterocycles. The van der Waals surface area contributed by atoms with Crippen molar-refractivity contribution in [2.45, 2.75) is 19.1 Å². The Bertz CT molecular complexity index is 1460. The Balaban J connectivity index is 1.51. The van der Waals surface area contributed by atoms with Crippen molar-refractivity contribution in [1.82, 2.24) is 19.7 Å². The van der Waals surface area contributed by atoms with Crippen molar-refractivity contribution in [1.29, 1.82) is 0 Å². The first kappa shape index (κ1) is 25.2. The number of carbonyl (C=O) groups excluding carboxylic acids is 1. The summed E-state index contributed by atoms with van der Waals surface area (Å²) in [5, 5.41) is 5.74. The van der Waals surface area contributed by atoms with Crippen LogP contribution in [0.2, 0.25) is 5.02 Å². The summed E-state index contributed by atoms with van der Waals surface area (Å²) in [7, 11) is 2.07. The molecule has 0 spiro atoms. The van der Waals surface area contributed by atoms with Crippen LogP contribution in [0.1, 0.15) is 16.8 Å². The fourth-order valence-electron chi connectivity index (χ4n) is 5.68. The van der Waals surface area contributed by atoms with E-state index in [1.807, 2.05) is 41.3 Å². The van der Waals surface area contributed by atoms with Gasteiger partial charge in [0.2, 0.25) is 0 Å². The number of fused-ring (bicyclic) bond motifs is 3. The van der Waals surface area contributed by atoms with E-state index in [0.29, 0.717) is 48.3 Å². The van der Waals surface area contributed by atoms with Gasteiger partial charge in [-0.3, -0.25) is 4.79 Å². The largest absolute Gasteiger partial charge is 0.455 e. The third-order valence-corrected chi connectivity index (χ3v) is 8.12. The van der Waals surface area contributed by atoms with Gasteiger partial charge in [0.05, 0.1) is 5.52 Å². The molecular weight excluding hydrogens is 503 g/mol. The molecule has 0 aliphatic carbocycles. The van der Waals surface area contributed by atoms with Crippen LogP contribution in [0.4, 0.5) is 4.39 Å². The normalized spacial score (nSPS) is 20.8. The number of para-hydroxylation sites is 1. The number of ether oxygens (including phenoxy) is 1. The van der Waals surface area contributed by atoms with E-state index in [1.54, 1.807) is 12.1 Å². The summed E-state index contributed by atoms with van der Waals surface area (Å²) in [5.74, 6) is 1.11. The molecule has 2 aliphatic heterocycles. The molecule has 2 atom stereocenters. The van der Waals surface area contributed by atoms with Crippen LogP contribution in [-0.2, 0) is 6.54 Å². The Morgan fingerprint density at radius 1 is 1.05 bits per heavy atom. The molecule has 3 heterocycles. The van der Waals surface area contributed by atoms with E-state index in [9.17, 15) is 9.18 Å². The summed E-state index contributed by atoms with van der Waals surface area (Å²) in [4.78, 5) is 17.8. The number of nitrogens with zero attached hydrogens (tertiary/aromatic N) is 3. The molecule has 0 radical (unpaired) electrons. The van der Waals surface area contributed by atoms with Crippen LogP contribution < -0.4 is 10.1 Å². The predicted octanol–water partition coefficient (Wildman–Crippen LogP) is 5.58. The van der Waals surface area contributed by atoms with Crippen LogP contribution in [0, 0.1) is 5.92 Å². The van der Waals surface area contributed by atoms with Gasteiger partial charge in [-0.05, 0) is 62.5 Å². The van der Waals surface area contributed by atoms with Crippen LogP contribution in [-0.4, -0.2) is 72.8 Å². The van der Waals surface area contributed by atoms with Gasteiger partial charge in [0, 0.05) is 72.1 Å². The molecule has 38 heavy (non-hydrogen) atoms. The topological polar surface area (TPSA) is 49.7 Å². The molecular formula is C30H32ClFN4O2. The molecule has 198 valence electrons. The van der Waals surface area contributed by atoms with E-state index in [0.717, 1.165) is 47.9 Å². The van der Waals surface area contributed by atoms with Crippen LogP contribution >= 0.6 is 11.6 Å². The highest BCUT2D eigenvalue weighted by atomic mass is 35.5. The van der Waals surface area contributed by atoms with Crippen LogP contribution in [0.3, 0.4) is 0 Å².